The molecule has 2 N–H and O–H groups in total. The van der Waals surface area contributed by atoms with Gasteiger partial charge in [-0.3, -0.25) is 0 Å². The summed E-state index contributed by atoms with van der Waals surface area (Å²) in [5.41, 5.74) is 6.83. The Hall–Kier alpha value is -2.08. The van der Waals surface area contributed by atoms with Crippen LogP contribution in [0.5, 0.6) is 5.75 Å². The minimum absolute atomic E-state index is 0.391. The van der Waals surface area contributed by atoms with Crippen molar-refractivity contribution in [3.05, 3.63) is 41.3 Å². The minimum atomic E-state index is -0.391. The molecule has 21 heavy (non-hydrogen) atoms. The lowest BCUT2D eigenvalue weighted by Gasteiger charge is -2.07. The molecule has 0 saturated carbocycles. The first-order chi connectivity index (χ1) is 10.0. The first-order valence-electron chi connectivity index (χ1n) is 6.29. The van der Waals surface area contributed by atoms with Crippen LogP contribution in [-0.2, 0) is 10.5 Å². The van der Waals surface area contributed by atoms with Gasteiger partial charge in [0.25, 0.3) is 0 Å². The number of rotatable bonds is 5. The average Bonchev–Trinajstić information content (AvgIpc) is 2.86. The SMILES string of the molecule is COC(=O)c1cc(CSc2ccc(N)cc2OC)oc1C. The van der Waals surface area contributed by atoms with Crippen LogP contribution in [0.15, 0.2) is 33.6 Å². The van der Waals surface area contributed by atoms with E-state index in [1.54, 1.807) is 37.9 Å². The van der Waals surface area contributed by atoms with E-state index >= 15 is 0 Å². The molecule has 112 valence electrons. The molecule has 0 amide bonds. The zero-order valence-electron chi connectivity index (χ0n) is 12.1. The molecule has 2 aromatic rings. The third-order valence-electron chi connectivity index (χ3n) is 2.93. The topological polar surface area (TPSA) is 74.7 Å². The van der Waals surface area contributed by atoms with Gasteiger partial charge in [0.1, 0.15) is 22.8 Å². The predicted molar refractivity (Wildman–Crippen MR) is 81.8 cm³/mol. The van der Waals surface area contributed by atoms with Gasteiger partial charge in [-0.2, -0.15) is 0 Å². The molecule has 2 rings (SSSR count). The molecule has 0 spiro atoms. The summed E-state index contributed by atoms with van der Waals surface area (Å²) >= 11 is 1.55. The highest BCUT2D eigenvalue weighted by molar-refractivity contribution is 7.98. The maximum atomic E-state index is 11.5. The van der Waals surface area contributed by atoms with E-state index < -0.39 is 5.97 Å². The van der Waals surface area contributed by atoms with E-state index in [4.69, 9.17) is 19.6 Å². The number of esters is 1. The van der Waals surface area contributed by atoms with Gasteiger partial charge in [-0.25, -0.2) is 4.79 Å². The van der Waals surface area contributed by atoms with Gasteiger partial charge in [-0.05, 0) is 25.1 Å². The van der Waals surface area contributed by atoms with Crippen molar-refractivity contribution in [1.82, 2.24) is 0 Å². The zero-order chi connectivity index (χ0) is 15.4. The number of hydrogen-bond acceptors (Lipinski definition) is 6. The molecule has 0 fully saturated rings. The highest BCUT2D eigenvalue weighted by Crippen LogP contribution is 2.33. The van der Waals surface area contributed by atoms with Gasteiger partial charge in [-0.15, -0.1) is 11.8 Å². The summed E-state index contributed by atoms with van der Waals surface area (Å²) in [6, 6.07) is 7.20. The monoisotopic (exact) mass is 307 g/mol. The smallest absolute Gasteiger partial charge is 0.341 e. The Morgan fingerprint density at radius 3 is 2.76 bits per heavy atom. The van der Waals surface area contributed by atoms with Gasteiger partial charge in [0.05, 0.1) is 20.0 Å². The van der Waals surface area contributed by atoms with Crippen molar-refractivity contribution in [2.45, 2.75) is 17.6 Å². The molecule has 0 aliphatic heterocycles. The number of methoxy groups -OCH3 is 2. The van der Waals surface area contributed by atoms with Gasteiger partial charge in [0, 0.05) is 16.6 Å². The van der Waals surface area contributed by atoms with E-state index in [0.29, 0.717) is 28.5 Å². The van der Waals surface area contributed by atoms with E-state index in [2.05, 4.69) is 0 Å². The summed E-state index contributed by atoms with van der Waals surface area (Å²) in [5, 5.41) is 0. The standard InChI is InChI=1S/C15H17NO4S/c1-9-12(15(17)19-3)7-11(20-9)8-21-14-5-4-10(16)6-13(14)18-2/h4-7H,8,16H2,1-3H3. The number of carbonyl (C=O) groups excluding carboxylic acids is 1. The summed E-state index contributed by atoms with van der Waals surface area (Å²) in [5.74, 6) is 2.17. The molecule has 0 aliphatic rings. The Morgan fingerprint density at radius 1 is 1.33 bits per heavy atom. The fourth-order valence-corrected chi connectivity index (χ4v) is 2.77. The fourth-order valence-electron chi connectivity index (χ4n) is 1.88. The molecule has 1 heterocycles. The summed E-state index contributed by atoms with van der Waals surface area (Å²) in [7, 11) is 2.95. The number of ether oxygens (including phenoxy) is 2. The highest BCUT2D eigenvalue weighted by atomic mass is 32.2. The largest absolute Gasteiger partial charge is 0.496 e. The van der Waals surface area contributed by atoms with E-state index in [-0.39, 0.29) is 0 Å². The predicted octanol–water partition coefficient (Wildman–Crippen LogP) is 3.26. The maximum Gasteiger partial charge on any atom is 0.341 e. The lowest BCUT2D eigenvalue weighted by Crippen LogP contribution is -2.00. The average molecular weight is 307 g/mol. The summed E-state index contributed by atoms with van der Waals surface area (Å²) in [6.45, 7) is 1.74. The number of thioether (sulfide) groups is 1. The normalized spacial score (nSPS) is 10.4. The van der Waals surface area contributed by atoms with Crippen molar-refractivity contribution >= 4 is 23.4 Å². The minimum Gasteiger partial charge on any atom is -0.496 e. The van der Waals surface area contributed by atoms with Gasteiger partial charge in [-0.1, -0.05) is 0 Å². The third kappa shape index (κ3) is 3.52. The Bertz CT molecular complexity index is 651. The van der Waals surface area contributed by atoms with Crippen molar-refractivity contribution in [3.8, 4) is 5.75 Å². The Morgan fingerprint density at radius 2 is 2.10 bits per heavy atom. The molecule has 0 bridgehead atoms. The Balaban J connectivity index is 2.12. The number of aryl methyl sites for hydroxylation is 1. The van der Waals surface area contributed by atoms with Crippen molar-refractivity contribution in [3.63, 3.8) is 0 Å². The fraction of sp³-hybridized carbons (Fsp3) is 0.267. The molecule has 0 atom stereocenters. The molecule has 1 aromatic heterocycles. The molecule has 5 nitrogen and oxygen atoms in total. The van der Waals surface area contributed by atoms with Gasteiger partial charge >= 0.3 is 5.97 Å². The molecule has 6 heteroatoms. The second-order valence-electron chi connectivity index (χ2n) is 4.37. The lowest BCUT2D eigenvalue weighted by molar-refractivity contribution is 0.0599. The van der Waals surface area contributed by atoms with Crippen molar-refractivity contribution in [2.75, 3.05) is 20.0 Å². The number of furan rings is 1. The van der Waals surface area contributed by atoms with E-state index in [1.807, 2.05) is 12.1 Å². The maximum absolute atomic E-state index is 11.5. The van der Waals surface area contributed by atoms with Crippen LogP contribution >= 0.6 is 11.8 Å². The summed E-state index contributed by atoms with van der Waals surface area (Å²) in [6.07, 6.45) is 0. The van der Waals surface area contributed by atoms with Crippen LogP contribution in [0.2, 0.25) is 0 Å². The molecular weight excluding hydrogens is 290 g/mol. The molecule has 0 aliphatic carbocycles. The number of hydrogen-bond donors (Lipinski definition) is 1. The van der Waals surface area contributed by atoms with Gasteiger partial charge in [0.15, 0.2) is 0 Å². The number of benzene rings is 1. The van der Waals surface area contributed by atoms with Crippen molar-refractivity contribution in [1.29, 1.82) is 0 Å². The highest BCUT2D eigenvalue weighted by Gasteiger charge is 2.15. The summed E-state index contributed by atoms with van der Waals surface area (Å²) < 4.78 is 15.6. The van der Waals surface area contributed by atoms with Gasteiger partial charge in [0.2, 0.25) is 0 Å². The Kier molecular flexibility index (Phi) is 4.80. The number of nitrogen functional groups attached to an aromatic ring is 1. The van der Waals surface area contributed by atoms with Crippen LogP contribution in [-0.4, -0.2) is 20.2 Å². The molecule has 0 radical (unpaired) electrons. The van der Waals surface area contributed by atoms with E-state index in [0.717, 1.165) is 10.6 Å². The van der Waals surface area contributed by atoms with Gasteiger partial charge < -0.3 is 19.6 Å². The third-order valence-corrected chi connectivity index (χ3v) is 4.01. The van der Waals surface area contributed by atoms with Crippen molar-refractivity contribution < 1.29 is 18.7 Å². The second kappa shape index (κ2) is 6.58. The van der Waals surface area contributed by atoms with Crippen LogP contribution in [0.25, 0.3) is 0 Å². The number of anilines is 1. The Labute approximate surface area is 127 Å². The van der Waals surface area contributed by atoms with Crippen LogP contribution in [0.1, 0.15) is 21.9 Å². The second-order valence-corrected chi connectivity index (χ2v) is 5.39. The number of carbonyl (C=O) groups is 1. The van der Waals surface area contributed by atoms with Crippen LogP contribution < -0.4 is 10.5 Å². The molecule has 0 unspecified atom stereocenters. The van der Waals surface area contributed by atoms with Crippen molar-refractivity contribution in [2.24, 2.45) is 0 Å². The lowest BCUT2D eigenvalue weighted by atomic mass is 10.2. The first kappa shape index (κ1) is 15.3. The van der Waals surface area contributed by atoms with Crippen LogP contribution in [0, 0.1) is 6.92 Å². The first-order valence-corrected chi connectivity index (χ1v) is 7.27. The van der Waals surface area contributed by atoms with E-state index in [9.17, 15) is 4.79 Å². The van der Waals surface area contributed by atoms with Crippen LogP contribution in [0.4, 0.5) is 5.69 Å². The van der Waals surface area contributed by atoms with Crippen LogP contribution in [0.3, 0.4) is 0 Å². The quantitative estimate of drug-likeness (QED) is 0.519. The molecule has 1 aromatic carbocycles. The summed E-state index contributed by atoms with van der Waals surface area (Å²) in [4.78, 5) is 12.5. The molecule has 0 saturated heterocycles. The zero-order valence-corrected chi connectivity index (χ0v) is 13.0. The van der Waals surface area contributed by atoms with E-state index in [1.165, 1.54) is 7.11 Å². The molecular formula is C15H17NO4S. The number of nitrogens with two attached hydrogens (primary N) is 1.